The minimum Gasteiger partial charge on any atom is -0.480 e. The Morgan fingerprint density at radius 3 is 2.67 bits per heavy atom. The van der Waals surface area contributed by atoms with Crippen molar-refractivity contribution in [3.63, 3.8) is 0 Å². The largest absolute Gasteiger partial charge is 0.480 e. The van der Waals surface area contributed by atoms with Gasteiger partial charge in [0.25, 0.3) is 0 Å². The molecule has 2 heterocycles. The Morgan fingerprint density at radius 2 is 1.90 bits per heavy atom. The van der Waals surface area contributed by atoms with E-state index in [2.05, 4.69) is 15.9 Å². The molecule has 21 heavy (non-hydrogen) atoms. The van der Waals surface area contributed by atoms with E-state index in [0.717, 1.165) is 44.1 Å². The van der Waals surface area contributed by atoms with E-state index in [4.69, 9.17) is 0 Å². The highest BCUT2D eigenvalue weighted by molar-refractivity contribution is 5.76. The summed E-state index contributed by atoms with van der Waals surface area (Å²) in [5, 5.41) is 9.75. The van der Waals surface area contributed by atoms with Crippen LogP contribution >= 0.6 is 0 Å². The number of rotatable bonds is 3. The van der Waals surface area contributed by atoms with Gasteiger partial charge in [0.15, 0.2) is 0 Å². The van der Waals surface area contributed by atoms with Gasteiger partial charge in [0.05, 0.1) is 0 Å². The van der Waals surface area contributed by atoms with Gasteiger partial charge in [-0.15, -0.1) is 0 Å². The van der Waals surface area contributed by atoms with Crippen LogP contribution in [0.4, 0.5) is 0 Å². The maximum absolute atomic E-state index is 11.9. The Hall–Kier alpha value is -1.39. The molecule has 3 aliphatic rings. The van der Waals surface area contributed by atoms with Gasteiger partial charge in [0, 0.05) is 31.7 Å². The van der Waals surface area contributed by atoms with E-state index in [9.17, 15) is 9.90 Å². The second-order valence-corrected chi connectivity index (χ2v) is 6.60. The third kappa shape index (κ3) is 2.36. The van der Waals surface area contributed by atoms with Crippen molar-refractivity contribution in [2.45, 2.75) is 43.8 Å². The molecule has 4 heteroatoms. The number of hydrogen-bond donors (Lipinski definition) is 1. The summed E-state index contributed by atoms with van der Waals surface area (Å²) in [5.41, 5.74) is 2.21. The first-order valence-electron chi connectivity index (χ1n) is 8.04. The highest BCUT2D eigenvalue weighted by atomic mass is 16.4. The Balaban J connectivity index is 1.59. The second kappa shape index (κ2) is 5.11. The quantitative estimate of drug-likeness (QED) is 0.922. The first-order valence-corrected chi connectivity index (χ1v) is 8.04. The van der Waals surface area contributed by atoms with E-state index < -0.39 is 12.0 Å². The molecule has 4 rings (SSSR count). The Kier molecular flexibility index (Phi) is 3.23. The maximum Gasteiger partial charge on any atom is 0.325 e. The summed E-state index contributed by atoms with van der Waals surface area (Å²) in [4.78, 5) is 16.7. The van der Waals surface area contributed by atoms with Crippen molar-refractivity contribution in [2.24, 2.45) is 0 Å². The van der Waals surface area contributed by atoms with Gasteiger partial charge >= 0.3 is 5.97 Å². The Labute approximate surface area is 125 Å². The van der Waals surface area contributed by atoms with Crippen molar-refractivity contribution in [1.29, 1.82) is 0 Å². The predicted octanol–water partition coefficient (Wildman–Crippen LogP) is 1.91. The summed E-state index contributed by atoms with van der Waals surface area (Å²) in [6.45, 7) is 3.06. The van der Waals surface area contributed by atoms with Gasteiger partial charge in [-0.1, -0.05) is 24.3 Å². The third-order valence-corrected chi connectivity index (χ3v) is 5.28. The lowest BCUT2D eigenvalue weighted by Gasteiger charge is -2.38. The lowest BCUT2D eigenvalue weighted by atomic mass is 9.91. The summed E-state index contributed by atoms with van der Waals surface area (Å²) in [6.07, 6.45) is 4.75. The standard InChI is InChI=1S/C17H22N2O2/c20-17(21)16-15-4-2-1-3-12(15)7-10-19(16)14-8-9-18(11-14)13-5-6-13/h1-4,13-14,16H,5-11H2,(H,20,21). The van der Waals surface area contributed by atoms with Crippen LogP contribution in [0, 0.1) is 0 Å². The normalized spacial score (nSPS) is 30.3. The van der Waals surface area contributed by atoms with Crippen molar-refractivity contribution in [1.82, 2.24) is 9.80 Å². The summed E-state index contributed by atoms with van der Waals surface area (Å²) in [6, 6.07) is 8.78. The molecule has 0 bridgehead atoms. The van der Waals surface area contributed by atoms with Crippen LogP contribution in [0.25, 0.3) is 0 Å². The zero-order chi connectivity index (χ0) is 14.4. The molecule has 1 aromatic carbocycles. The molecule has 0 spiro atoms. The molecule has 1 saturated carbocycles. The molecule has 4 nitrogen and oxygen atoms in total. The van der Waals surface area contributed by atoms with Crippen LogP contribution in [0.15, 0.2) is 24.3 Å². The topological polar surface area (TPSA) is 43.8 Å². The van der Waals surface area contributed by atoms with Gasteiger partial charge in [0.1, 0.15) is 6.04 Å². The first-order chi connectivity index (χ1) is 10.2. The number of carboxylic acids is 1. The summed E-state index contributed by atoms with van der Waals surface area (Å²) >= 11 is 0. The molecule has 1 N–H and O–H groups in total. The van der Waals surface area contributed by atoms with Crippen molar-refractivity contribution >= 4 is 5.97 Å². The monoisotopic (exact) mass is 286 g/mol. The van der Waals surface area contributed by atoms with Gasteiger partial charge in [-0.3, -0.25) is 14.6 Å². The number of carboxylic acid groups (broad SMARTS) is 1. The van der Waals surface area contributed by atoms with Gasteiger partial charge in [-0.05, 0) is 36.8 Å². The number of hydrogen-bond acceptors (Lipinski definition) is 3. The average Bonchev–Trinajstić information content (AvgIpc) is 3.23. The minimum atomic E-state index is -0.702. The highest BCUT2D eigenvalue weighted by Gasteiger charge is 2.41. The van der Waals surface area contributed by atoms with Gasteiger partial charge < -0.3 is 5.11 Å². The fraction of sp³-hybridized carbons (Fsp3) is 0.588. The van der Waals surface area contributed by atoms with E-state index >= 15 is 0 Å². The van der Waals surface area contributed by atoms with Gasteiger partial charge in [-0.25, -0.2) is 0 Å². The molecule has 1 aromatic rings. The molecule has 1 aliphatic carbocycles. The van der Waals surface area contributed by atoms with Crippen LogP contribution < -0.4 is 0 Å². The van der Waals surface area contributed by atoms with Crippen LogP contribution in [-0.4, -0.2) is 52.6 Å². The molecule has 2 fully saturated rings. The molecule has 112 valence electrons. The van der Waals surface area contributed by atoms with Crippen LogP contribution in [0.2, 0.25) is 0 Å². The zero-order valence-corrected chi connectivity index (χ0v) is 12.2. The van der Waals surface area contributed by atoms with Crippen molar-refractivity contribution in [3.05, 3.63) is 35.4 Å². The SMILES string of the molecule is O=C(O)C1c2ccccc2CCN1C1CCN(C2CC2)C1. The van der Waals surface area contributed by atoms with Crippen LogP contribution in [0.1, 0.15) is 36.4 Å². The molecule has 2 aliphatic heterocycles. The van der Waals surface area contributed by atoms with Crippen LogP contribution in [-0.2, 0) is 11.2 Å². The molecule has 0 radical (unpaired) electrons. The van der Waals surface area contributed by atoms with Gasteiger partial charge in [0.2, 0.25) is 0 Å². The number of likely N-dealkylation sites (tertiary alicyclic amines) is 1. The third-order valence-electron chi connectivity index (χ3n) is 5.28. The summed E-state index contributed by atoms with van der Waals surface area (Å²) < 4.78 is 0. The number of nitrogens with zero attached hydrogens (tertiary/aromatic N) is 2. The number of aliphatic carboxylic acids is 1. The predicted molar refractivity (Wildman–Crippen MR) is 80.2 cm³/mol. The molecule has 2 atom stereocenters. The van der Waals surface area contributed by atoms with Crippen LogP contribution in [0.5, 0.6) is 0 Å². The Morgan fingerprint density at radius 1 is 1.10 bits per heavy atom. The van der Waals surface area contributed by atoms with E-state index in [-0.39, 0.29) is 0 Å². The highest BCUT2D eigenvalue weighted by Crippen LogP contribution is 2.36. The summed E-state index contributed by atoms with van der Waals surface area (Å²) in [7, 11) is 0. The number of carbonyl (C=O) groups is 1. The van der Waals surface area contributed by atoms with E-state index in [1.54, 1.807) is 0 Å². The number of benzene rings is 1. The molecule has 1 saturated heterocycles. The molecule has 0 amide bonds. The lowest BCUT2D eigenvalue weighted by Crippen LogP contribution is -2.47. The van der Waals surface area contributed by atoms with Crippen molar-refractivity contribution < 1.29 is 9.90 Å². The first kappa shape index (κ1) is 13.3. The molecule has 2 unspecified atom stereocenters. The van der Waals surface area contributed by atoms with Crippen molar-refractivity contribution in [3.8, 4) is 0 Å². The molecular formula is C17H22N2O2. The number of fused-ring (bicyclic) bond motifs is 1. The van der Waals surface area contributed by atoms with E-state index in [1.165, 1.54) is 18.4 Å². The fourth-order valence-electron chi connectivity index (χ4n) is 4.06. The summed E-state index contributed by atoms with van der Waals surface area (Å²) in [5.74, 6) is -0.702. The molecular weight excluding hydrogens is 264 g/mol. The Bertz CT molecular complexity index is 555. The van der Waals surface area contributed by atoms with Crippen LogP contribution in [0.3, 0.4) is 0 Å². The minimum absolute atomic E-state index is 0.403. The molecule has 0 aromatic heterocycles. The average molecular weight is 286 g/mol. The van der Waals surface area contributed by atoms with E-state index in [0.29, 0.717) is 6.04 Å². The van der Waals surface area contributed by atoms with Gasteiger partial charge in [-0.2, -0.15) is 0 Å². The zero-order valence-electron chi connectivity index (χ0n) is 12.2. The lowest BCUT2D eigenvalue weighted by molar-refractivity contribution is -0.145. The maximum atomic E-state index is 11.9. The van der Waals surface area contributed by atoms with E-state index in [1.807, 2.05) is 18.2 Å². The van der Waals surface area contributed by atoms with Crippen molar-refractivity contribution in [2.75, 3.05) is 19.6 Å². The smallest absolute Gasteiger partial charge is 0.325 e. The fourth-order valence-corrected chi connectivity index (χ4v) is 4.06. The second-order valence-electron chi connectivity index (χ2n) is 6.60.